The highest BCUT2D eigenvalue weighted by molar-refractivity contribution is 7.80. The van der Waals surface area contributed by atoms with Gasteiger partial charge in [0.25, 0.3) is 0 Å². The molecule has 0 aliphatic heterocycles. The van der Waals surface area contributed by atoms with Crippen LogP contribution in [-0.4, -0.2) is 127 Å². The van der Waals surface area contributed by atoms with Crippen molar-refractivity contribution in [3.63, 3.8) is 0 Å². The number of unbranched alkanes of at least 4 members (excludes halogenated alkanes) is 3. The van der Waals surface area contributed by atoms with Gasteiger partial charge in [-0.05, 0) is 12.8 Å². The van der Waals surface area contributed by atoms with Crippen molar-refractivity contribution >= 4 is 77.8 Å². The van der Waals surface area contributed by atoms with Gasteiger partial charge < -0.3 is 52.1 Å². The Morgan fingerprint density at radius 3 is 1.12 bits per heavy atom. The Bertz CT molecular complexity index is 1310. The minimum absolute atomic E-state index is 0.137. The van der Waals surface area contributed by atoms with Gasteiger partial charge in [-0.2, -0.15) is 12.6 Å². The number of carbonyl (C=O) groups is 11. The number of carboxylic acid groups (broad SMARTS) is 5. The molecule has 5 unspecified atom stereocenters. The molecule has 0 aromatic rings. The van der Waals surface area contributed by atoms with E-state index in [-0.39, 0.29) is 30.3 Å². The smallest absolute Gasteiger partial charge is 0.326 e. The van der Waals surface area contributed by atoms with Crippen molar-refractivity contribution in [2.45, 2.75) is 101 Å². The molecule has 0 aliphatic carbocycles. The molecule has 0 aromatic heterocycles. The summed E-state index contributed by atoms with van der Waals surface area (Å²) < 4.78 is 0. The number of Topliss-reactive ketones (excluding diaryl/α,β-unsaturated/α-hetero) is 1. The van der Waals surface area contributed by atoms with Gasteiger partial charge in [0, 0.05) is 25.5 Å². The Kier molecular flexibility index (Phi) is 20.7. The van der Waals surface area contributed by atoms with E-state index in [2.05, 4.69) is 23.3 Å². The lowest BCUT2D eigenvalue weighted by Gasteiger charge is -2.19. The molecule has 21 nitrogen and oxygen atoms in total. The van der Waals surface area contributed by atoms with Crippen LogP contribution in [0, 0.1) is 0 Å². The fourth-order valence-corrected chi connectivity index (χ4v) is 4.44. The predicted molar refractivity (Wildman–Crippen MR) is 169 cm³/mol. The van der Waals surface area contributed by atoms with Crippen LogP contribution in [0.4, 0.5) is 0 Å². The van der Waals surface area contributed by atoms with Crippen molar-refractivity contribution in [2.24, 2.45) is 0 Å². The van der Waals surface area contributed by atoms with E-state index in [1.54, 1.807) is 5.32 Å². The van der Waals surface area contributed by atoms with Crippen molar-refractivity contribution in [3.05, 3.63) is 0 Å². The average molecular weight is 736 g/mol. The van der Waals surface area contributed by atoms with E-state index >= 15 is 0 Å². The van der Waals surface area contributed by atoms with Gasteiger partial charge in [0.1, 0.15) is 24.2 Å². The summed E-state index contributed by atoms with van der Waals surface area (Å²) in [6, 6.07) is -8.46. The largest absolute Gasteiger partial charge is 0.481 e. The summed E-state index contributed by atoms with van der Waals surface area (Å²) in [5.41, 5.74) is 0. The SMILES string of the molecule is CC(=O)NC(CS)C(=O)CCCCCCC(=O)NC(CC(=O)NC(CC(=O)NC(CC(=O)NC(CC(=O)O)C(=O)O)C(=O)O)C(=O)O)C(=O)O. The molecular formula is C28H41N5O16S. The van der Waals surface area contributed by atoms with Crippen molar-refractivity contribution in [1.29, 1.82) is 0 Å². The van der Waals surface area contributed by atoms with E-state index in [9.17, 15) is 68.1 Å². The van der Waals surface area contributed by atoms with Gasteiger partial charge in [-0.1, -0.05) is 12.8 Å². The molecule has 0 spiro atoms. The monoisotopic (exact) mass is 735 g/mol. The third-order valence-corrected chi connectivity index (χ3v) is 6.97. The number of rotatable bonds is 26. The lowest BCUT2D eigenvalue weighted by atomic mass is 10.0. The summed E-state index contributed by atoms with van der Waals surface area (Å²) >= 11 is 4.03. The first kappa shape index (κ1) is 44.7. The Labute approximate surface area is 289 Å². The molecule has 0 rings (SSSR count). The summed E-state index contributed by atoms with van der Waals surface area (Å²) in [6.45, 7) is 1.28. The molecule has 280 valence electrons. The van der Waals surface area contributed by atoms with Gasteiger partial charge in [-0.25, -0.2) is 19.2 Å². The van der Waals surface area contributed by atoms with Gasteiger partial charge in [-0.15, -0.1) is 0 Å². The Hall–Kier alpha value is -5.28. The third kappa shape index (κ3) is 19.5. The molecule has 0 fully saturated rings. The van der Waals surface area contributed by atoms with Crippen molar-refractivity contribution in [2.75, 3.05) is 5.75 Å². The number of hydrogen-bond acceptors (Lipinski definition) is 12. The number of nitrogens with one attached hydrogen (secondary N) is 5. The van der Waals surface area contributed by atoms with Crippen LogP contribution in [0.2, 0.25) is 0 Å². The number of ketones is 1. The number of carboxylic acids is 5. The molecule has 5 amide bonds. The van der Waals surface area contributed by atoms with E-state index in [0.717, 1.165) is 0 Å². The summed E-state index contributed by atoms with van der Waals surface area (Å²) in [4.78, 5) is 129. The van der Waals surface area contributed by atoms with Crippen LogP contribution in [0.5, 0.6) is 0 Å². The lowest BCUT2D eigenvalue weighted by Crippen LogP contribution is -2.51. The number of aliphatic carboxylic acids is 5. The van der Waals surface area contributed by atoms with E-state index in [0.29, 0.717) is 25.7 Å². The first-order valence-electron chi connectivity index (χ1n) is 15.0. The molecule has 10 N–H and O–H groups in total. The molecule has 50 heavy (non-hydrogen) atoms. The predicted octanol–water partition coefficient (Wildman–Crippen LogP) is -2.75. The van der Waals surface area contributed by atoms with Gasteiger partial charge in [0.15, 0.2) is 5.78 Å². The number of carbonyl (C=O) groups excluding carboxylic acids is 6. The van der Waals surface area contributed by atoms with Crippen LogP contribution in [0.1, 0.15) is 71.1 Å². The molecule has 0 aromatic carbocycles. The molecule has 0 heterocycles. The summed E-state index contributed by atoms with van der Waals surface area (Å²) in [5.74, 6) is -13.5. The highest BCUT2D eigenvalue weighted by Gasteiger charge is 2.31. The second kappa shape index (κ2) is 23.1. The van der Waals surface area contributed by atoms with Crippen LogP contribution >= 0.6 is 12.6 Å². The maximum atomic E-state index is 12.4. The van der Waals surface area contributed by atoms with Crippen LogP contribution in [0.25, 0.3) is 0 Å². The van der Waals surface area contributed by atoms with E-state index in [1.165, 1.54) is 6.92 Å². The molecule has 0 saturated heterocycles. The van der Waals surface area contributed by atoms with Gasteiger partial charge in [-0.3, -0.25) is 33.6 Å². The molecular weight excluding hydrogens is 694 g/mol. The quantitative estimate of drug-likeness (QED) is 0.0317. The van der Waals surface area contributed by atoms with Crippen LogP contribution in [0.15, 0.2) is 0 Å². The zero-order valence-electron chi connectivity index (χ0n) is 26.8. The van der Waals surface area contributed by atoms with Gasteiger partial charge >= 0.3 is 29.8 Å². The fourth-order valence-electron chi connectivity index (χ4n) is 4.14. The zero-order valence-corrected chi connectivity index (χ0v) is 27.7. The highest BCUT2D eigenvalue weighted by atomic mass is 32.1. The Balaban J connectivity index is 4.97. The molecule has 0 aliphatic rings. The molecule has 0 radical (unpaired) electrons. The fraction of sp³-hybridized carbons (Fsp3) is 0.607. The van der Waals surface area contributed by atoms with Gasteiger partial charge in [0.2, 0.25) is 29.5 Å². The van der Waals surface area contributed by atoms with Crippen LogP contribution in [0.3, 0.4) is 0 Å². The second-order valence-corrected chi connectivity index (χ2v) is 11.2. The highest BCUT2D eigenvalue weighted by Crippen LogP contribution is 2.09. The molecule has 22 heteroatoms. The second-order valence-electron chi connectivity index (χ2n) is 10.9. The summed E-state index contributed by atoms with van der Waals surface area (Å²) in [5, 5.41) is 56.0. The van der Waals surface area contributed by atoms with E-state index < -0.39 is 109 Å². The summed E-state index contributed by atoms with van der Waals surface area (Å²) in [6.07, 6.45) is -2.31. The normalized spacial score (nSPS) is 13.6. The first-order chi connectivity index (χ1) is 23.3. The Morgan fingerprint density at radius 2 is 0.800 bits per heavy atom. The molecule has 0 bridgehead atoms. The Morgan fingerprint density at radius 1 is 0.460 bits per heavy atom. The number of thiol groups is 1. The number of amides is 5. The minimum atomic E-state index is -2.03. The zero-order chi connectivity index (χ0) is 38.6. The molecule has 5 atom stereocenters. The first-order valence-corrected chi connectivity index (χ1v) is 15.6. The summed E-state index contributed by atoms with van der Waals surface area (Å²) in [7, 11) is 0. The minimum Gasteiger partial charge on any atom is -0.481 e. The van der Waals surface area contributed by atoms with Crippen molar-refractivity contribution < 1.29 is 78.3 Å². The van der Waals surface area contributed by atoms with Crippen molar-refractivity contribution in [3.8, 4) is 0 Å². The topological polar surface area (TPSA) is 349 Å². The maximum absolute atomic E-state index is 12.4. The number of hydrogen-bond donors (Lipinski definition) is 11. The van der Waals surface area contributed by atoms with Crippen molar-refractivity contribution in [1.82, 2.24) is 26.6 Å². The lowest BCUT2D eigenvalue weighted by molar-refractivity contribution is -0.148. The van der Waals surface area contributed by atoms with Crippen LogP contribution in [-0.2, 0) is 52.7 Å². The van der Waals surface area contributed by atoms with Crippen LogP contribution < -0.4 is 26.6 Å². The van der Waals surface area contributed by atoms with E-state index in [4.69, 9.17) is 10.2 Å². The third-order valence-electron chi connectivity index (χ3n) is 6.61. The molecule has 0 saturated carbocycles. The van der Waals surface area contributed by atoms with Gasteiger partial charge in [0.05, 0.1) is 31.7 Å². The average Bonchev–Trinajstić information content (AvgIpc) is 2.99. The standard InChI is InChI=1S/C28H41N5O16S/c1-13(34)29-18(12-50)19(35)6-4-2-3-5-7-20(36)30-14(25(42)43)8-21(37)31-15(26(44)45)9-22(38)32-16(27(46)47)10-23(39)33-17(28(48)49)11-24(40)41/h14-18,50H,2-12H2,1H3,(H,29,34)(H,30,36)(H,31,37)(H,32,38)(H,33,39)(H,40,41)(H,42,43)(H,44,45)(H,46,47)(H,48,49). The maximum Gasteiger partial charge on any atom is 0.326 e. The van der Waals surface area contributed by atoms with E-state index in [1.807, 2.05) is 10.6 Å².